The average Bonchev–Trinajstić information content (AvgIpc) is 3.21. The van der Waals surface area contributed by atoms with Crippen molar-refractivity contribution in [2.45, 2.75) is 237 Å². The molecule has 0 amide bonds. The zero-order valence-electron chi connectivity index (χ0n) is 38.3. The fourth-order valence-corrected chi connectivity index (χ4v) is 7.77. The Labute approximate surface area is 385 Å². The second kappa shape index (κ2) is 41.9. The number of hydrogen-bond acceptors (Lipinski definition) is 7. The van der Waals surface area contributed by atoms with Gasteiger partial charge in [-0.3, -0.25) is 0 Å². The molecule has 334 valence electrons. The van der Waals surface area contributed by atoms with Gasteiger partial charge in [-0.2, -0.15) is 0 Å². The van der Waals surface area contributed by atoms with Gasteiger partial charge in [0.1, 0.15) is 10.1 Å². The molecule has 0 aliphatic rings. The number of carbonyl (C=O) groups excluding carboxylic acids is 2. The second-order valence-corrected chi connectivity index (χ2v) is 17.8. The molecule has 7 nitrogen and oxygen atoms in total. The smallest absolute Gasteiger partial charge is 0.744 e. The molecule has 0 atom stereocenters. The molecule has 1 aromatic carbocycles. The summed E-state index contributed by atoms with van der Waals surface area (Å²) in [6, 6.07) is 3.14. The number of hydrogen-bond donors (Lipinski definition) is 0. The van der Waals surface area contributed by atoms with Crippen LogP contribution in [-0.2, 0) is 19.6 Å². The van der Waals surface area contributed by atoms with Gasteiger partial charge >= 0.3 is 41.5 Å². The zero-order valence-corrected chi connectivity index (χ0v) is 41.1. The first-order valence-electron chi connectivity index (χ1n) is 24.0. The minimum absolute atomic E-state index is 0. The van der Waals surface area contributed by atoms with Gasteiger partial charge in [0.25, 0.3) is 0 Å². The Balaban J connectivity index is 0.0000336. The fraction of sp³-hybridized carbons (Fsp3) is 0.760. The van der Waals surface area contributed by atoms with E-state index in [2.05, 4.69) is 38.2 Å². The molecule has 0 N–H and O–H groups in total. The number of ether oxygens (including phenoxy) is 2. The molecule has 0 heterocycles. The summed E-state index contributed by atoms with van der Waals surface area (Å²) in [6.45, 7) is 4.88. The molecule has 9 heteroatoms. The van der Waals surface area contributed by atoms with Crippen molar-refractivity contribution in [3.05, 3.63) is 53.6 Å². The van der Waals surface area contributed by atoms with Crippen molar-refractivity contribution in [2.24, 2.45) is 0 Å². The van der Waals surface area contributed by atoms with Crippen molar-refractivity contribution in [1.29, 1.82) is 0 Å². The van der Waals surface area contributed by atoms with Gasteiger partial charge in [0.05, 0.1) is 29.2 Å². The van der Waals surface area contributed by atoms with Crippen molar-refractivity contribution in [1.82, 2.24) is 0 Å². The predicted molar refractivity (Wildman–Crippen MR) is 242 cm³/mol. The number of unbranched alkanes of at least 4 members (excludes halogenated alkanes) is 30. The van der Waals surface area contributed by atoms with E-state index in [-0.39, 0.29) is 53.9 Å². The molecule has 0 bridgehead atoms. The molecular formula is C50H85NaO7S. The van der Waals surface area contributed by atoms with E-state index in [4.69, 9.17) is 9.47 Å². The van der Waals surface area contributed by atoms with Gasteiger partial charge in [0, 0.05) is 0 Å². The Morgan fingerprint density at radius 1 is 0.458 bits per heavy atom. The SMILES string of the molecule is CCCCCCCC/C=C/CCCCCCCCCCCOC(=O)c1ccc(S(=O)(=O)[O-])cc1C(=O)OCCCCCCCCCCC/C=C/CCCCCCCC.[Na+]. The largest absolute Gasteiger partial charge is 1.00 e. The van der Waals surface area contributed by atoms with E-state index in [1.807, 2.05) is 0 Å². The molecule has 59 heavy (non-hydrogen) atoms. The van der Waals surface area contributed by atoms with Gasteiger partial charge in [0.2, 0.25) is 0 Å². The number of carbonyl (C=O) groups is 2. The van der Waals surface area contributed by atoms with Gasteiger partial charge < -0.3 is 14.0 Å². The molecule has 0 aliphatic carbocycles. The summed E-state index contributed by atoms with van der Waals surface area (Å²) in [5.74, 6) is -1.55. The molecule has 0 fully saturated rings. The predicted octanol–water partition coefficient (Wildman–Crippen LogP) is 12.3. The third-order valence-corrected chi connectivity index (χ3v) is 11.8. The van der Waals surface area contributed by atoms with Crippen molar-refractivity contribution < 1.29 is 61.6 Å². The molecule has 0 saturated heterocycles. The van der Waals surface area contributed by atoms with E-state index in [1.54, 1.807) is 0 Å². The van der Waals surface area contributed by atoms with Crippen molar-refractivity contribution in [2.75, 3.05) is 13.2 Å². The van der Waals surface area contributed by atoms with Gasteiger partial charge in [-0.05, 0) is 82.4 Å². The molecule has 1 rings (SSSR count). The van der Waals surface area contributed by atoms with Crippen LogP contribution in [0.4, 0.5) is 0 Å². The Morgan fingerprint density at radius 2 is 0.746 bits per heavy atom. The van der Waals surface area contributed by atoms with Gasteiger partial charge in [-0.25, -0.2) is 18.0 Å². The summed E-state index contributed by atoms with van der Waals surface area (Å²) in [6.07, 6.45) is 50.7. The van der Waals surface area contributed by atoms with E-state index in [9.17, 15) is 22.6 Å². The van der Waals surface area contributed by atoms with Crippen molar-refractivity contribution >= 4 is 22.1 Å². The number of rotatable bonds is 41. The average molecular weight is 853 g/mol. The van der Waals surface area contributed by atoms with E-state index in [1.165, 1.54) is 173 Å². The van der Waals surface area contributed by atoms with Crippen LogP contribution in [0.25, 0.3) is 0 Å². The molecule has 1 aromatic rings. The molecule has 0 spiro atoms. The minimum Gasteiger partial charge on any atom is -0.744 e. The molecule has 0 aliphatic heterocycles. The topological polar surface area (TPSA) is 110 Å². The maximum atomic E-state index is 13.0. The first-order valence-corrected chi connectivity index (χ1v) is 25.5. The van der Waals surface area contributed by atoms with Crippen LogP contribution in [0.2, 0.25) is 0 Å². The van der Waals surface area contributed by atoms with Crippen LogP contribution in [0.5, 0.6) is 0 Å². The molecule has 0 unspecified atom stereocenters. The van der Waals surface area contributed by atoms with E-state index < -0.39 is 27.0 Å². The number of benzene rings is 1. The fourth-order valence-electron chi connectivity index (χ4n) is 7.27. The van der Waals surface area contributed by atoms with Crippen LogP contribution in [0, 0.1) is 0 Å². The van der Waals surface area contributed by atoms with Crippen LogP contribution in [0.3, 0.4) is 0 Å². The normalized spacial score (nSPS) is 11.7. The number of esters is 2. The van der Waals surface area contributed by atoms with Crippen molar-refractivity contribution in [3.63, 3.8) is 0 Å². The third-order valence-electron chi connectivity index (χ3n) is 11.0. The molecule has 0 saturated carbocycles. The summed E-state index contributed by atoms with van der Waals surface area (Å²) in [5.41, 5.74) is -0.339. The van der Waals surface area contributed by atoms with E-state index in [0.29, 0.717) is 12.8 Å². The monoisotopic (exact) mass is 853 g/mol. The van der Waals surface area contributed by atoms with Gasteiger partial charge in [-0.1, -0.05) is 192 Å². The summed E-state index contributed by atoms with van der Waals surface area (Å²) in [5, 5.41) is 0. The van der Waals surface area contributed by atoms with Crippen LogP contribution in [0.15, 0.2) is 47.4 Å². The van der Waals surface area contributed by atoms with Crippen LogP contribution in [0.1, 0.15) is 253 Å². The van der Waals surface area contributed by atoms with Crippen molar-refractivity contribution in [3.8, 4) is 0 Å². The standard InChI is InChI=1S/C50H86O7S.Na/c1-3-5-7-9-11-13-15-17-19-21-23-25-27-29-31-33-35-37-39-43-56-49(51)47-42-41-46(58(53,54)55)45-48(47)50(52)57-44-40-38-36-34-32-30-28-26-24-22-20-18-16-14-12-10-8-6-4-2;/h17-20,41-42,45H,3-16,21-40,43-44H2,1-2H3,(H,53,54,55);/q;+1/p-1/b19-17+,20-18+;. The van der Waals surface area contributed by atoms with Gasteiger partial charge in [0.15, 0.2) is 0 Å². The second-order valence-electron chi connectivity index (χ2n) is 16.4. The van der Waals surface area contributed by atoms with Crippen LogP contribution < -0.4 is 29.6 Å². The van der Waals surface area contributed by atoms with E-state index >= 15 is 0 Å². The maximum absolute atomic E-state index is 13.0. The molecular weight excluding hydrogens is 768 g/mol. The Bertz CT molecular complexity index is 1310. The minimum atomic E-state index is -4.82. The quantitative estimate of drug-likeness (QED) is 0.0212. The van der Waals surface area contributed by atoms with Gasteiger partial charge in [-0.15, -0.1) is 0 Å². The third kappa shape index (κ3) is 34.8. The molecule has 0 aromatic heterocycles. The summed E-state index contributed by atoms with van der Waals surface area (Å²) < 4.78 is 45.9. The van der Waals surface area contributed by atoms with E-state index in [0.717, 1.165) is 50.7 Å². The Hall–Kier alpha value is -1.45. The van der Waals surface area contributed by atoms with Crippen LogP contribution >= 0.6 is 0 Å². The first-order chi connectivity index (χ1) is 28.3. The summed E-state index contributed by atoms with van der Waals surface area (Å²) in [4.78, 5) is 25.3. The number of allylic oxidation sites excluding steroid dienone is 4. The summed E-state index contributed by atoms with van der Waals surface area (Å²) in [7, 11) is -4.82. The Kier molecular flexibility index (Phi) is 40.9. The molecule has 0 radical (unpaired) electrons. The summed E-state index contributed by atoms with van der Waals surface area (Å²) >= 11 is 0. The maximum Gasteiger partial charge on any atom is 1.00 e. The first kappa shape index (κ1) is 57.5. The zero-order chi connectivity index (χ0) is 42.2. The Morgan fingerprint density at radius 3 is 1.07 bits per heavy atom. The van der Waals surface area contributed by atoms with Crippen LogP contribution in [-0.4, -0.2) is 38.1 Å².